The highest BCUT2D eigenvalue weighted by molar-refractivity contribution is 5.83. The summed E-state index contributed by atoms with van der Waals surface area (Å²) in [7, 11) is 1.63. The number of rotatable bonds is 7. The Morgan fingerprint density at radius 3 is 2.60 bits per heavy atom. The fourth-order valence-electron chi connectivity index (χ4n) is 2.12. The van der Waals surface area contributed by atoms with Crippen LogP contribution in [0.4, 0.5) is 0 Å². The van der Waals surface area contributed by atoms with Crippen LogP contribution in [0, 0.1) is 0 Å². The van der Waals surface area contributed by atoms with Crippen molar-refractivity contribution in [2.24, 2.45) is 0 Å². The summed E-state index contributed by atoms with van der Waals surface area (Å²) >= 11 is 0. The molecule has 0 aliphatic carbocycles. The van der Waals surface area contributed by atoms with Gasteiger partial charge in [-0.3, -0.25) is 4.79 Å². The Hall–Kier alpha value is -2.17. The van der Waals surface area contributed by atoms with Gasteiger partial charge in [0.25, 0.3) is 0 Å². The summed E-state index contributed by atoms with van der Waals surface area (Å²) < 4.78 is 6.95. The van der Waals surface area contributed by atoms with E-state index in [9.17, 15) is 4.79 Å². The maximum absolute atomic E-state index is 11.1. The fourth-order valence-corrected chi connectivity index (χ4v) is 2.12. The number of methoxy groups -OCH3 is 1. The van der Waals surface area contributed by atoms with Gasteiger partial charge in [-0.25, -0.2) is 4.68 Å². The number of unbranched alkanes of at least 4 members (excludes halogenated alkanes) is 2. The standard InChI is InChI=1S/C15H19N3O2/c1-3-4-5-10-18-15(14(11-19)16-17-18)12-6-8-13(20-2)9-7-12/h6-9,11H,3-5,10H2,1-2H3. The van der Waals surface area contributed by atoms with E-state index in [0.29, 0.717) is 5.69 Å². The SMILES string of the molecule is CCCCCn1nnc(C=O)c1-c1ccc(OC)cc1. The van der Waals surface area contributed by atoms with Gasteiger partial charge in [-0.2, -0.15) is 0 Å². The summed E-state index contributed by atoms with van der Waals surface area (Å²) in [6.07, 6.45) is 4.07. The normalized spacial score (nSPS) is 10.5. The van der Waals surface area contributed by atoms with Crippen LogP contribution in [-0.2, 0) is 6.54 Å². The van der Waals surface area contributed by atoms with E-state index < -0.39 is 0 Å². The number of aromatic nitrogens is 3. The molecule has 0 saturated carbocycles. The predicted molar refractivity (Wildman–Crippen MR) is 76.9 cm³/mol. The Morgan fingerprint density at radius 1 is 1.25 bits per heavy atom. The van der Waals surface area contributed by atoms with Crippen LogP contribution in [0.5, 0.6) is 5.75 Å². The number of aldehydes is 1. The average molecular weight is 273 g/mol. The average Bonchev–Trinajstić information content (AvgIpc) is 2.90. The van der Waals surface area contributed by atoms with Crippen molar-refractivity contribution in [2.45, 2.75) is 32.7 Å². The molecule has 2 aromatic rings. The molecular formula is C15H19N3O2. The molecule has 0 fully saturated rings. The van der Waals surface area contributed by atoms with Crippen LogP contribution in [0.2, 0.25) is 0 Å². The minimum Gasteiger partial charge on any atom is -0.497 e. The molecule has 0 unspecified atom stereocenters. The highest BCUT2D eigenvalue weighted by atomic mass is 16.5. The number of hydrogen-bond donors (Lipinski definition) is 0. The third-order valence-corrected chi connectivity index (χ3v) is 3.21. The van der Waals surface area contributed by atoms with Gasteiger partial charge in [0.1, 0.15) is 5.75 Å². The Kier molecular flexibility index (Phi) is 4.87. The molecule has 2 rings (SSSR count). The summed E-state index contributed by atoms with van der Waals surface area (Å²) in [5, 5.41) is 8.03. The van der Waals surface area contributed by atoms with Crippen LogP contribution >= 0.6 is 0 Å². The molecule has 0 bridgehead atoms. The van der Waals surface area contributed by atoms with Crippen LogP contribution in [0.15, 0.2) is 24.3 Å². The van der Waals surface area contributed by atoms with E-state index in [1.54, 1.807) is 11.8 Å². The molecule has 0 spiro atoms. The molecule has 0 aliphatic rings. The van der Waals surface area contributed by atoms with Crippen LogP contribution in [0.1, 0.15) is 36.7 Å². The van der Waals surface area contributed by atoms with Crippen molar-refractivity contribution in [3.8, 4) is 17.0 Å². The molecule has 0 aliphatic heterocycles. The van der Waals surface area contributed by atoms with Crippen LogP contribution in [0.25, 0.3) is 11.3 Å². The second kappa shape index (κ2) is 6.84. The van der Waals surface area contributed by atoms with Crippen LogP contribution in [0.3, 0.4) is 0 Å². The number of nitrogens with zero attached hydrogens (tertiary/aromatic N) is 3. The van der Waals surface area contributed by atoms with E-state index in [4.69, 9.17) is 4.74 Å². The first kappa shape index (κ1) is 14.2. The molecule has 0 amide bonds. The van der Waals surface area contributed by atoms with Crippen LogP contribution < -0.4 is 4.74 Å². The summed E-state index contributed by atoms with van der Waals surface area (Å²) in [5.74, 6) is 0.784. The zero-order chi connectivity index (χ0) is 14.4. The number of ether oxygens (including phenoxy) is 1. The molecule has 20 heavy (non-hydrogen) atoms. The van der Waals surface area contributed by atoms with Gasteiger partial charge < -0.3 is 4.74 Å². The van der Waals surface area contributed by atoms with E-state index in [1.807, 2.05) is 24.3 Å². The Balaban J connectivity index is 2.31. The van der Waals surface area contributed by atoms with Crippen molar-refractivity contribution >= 4 is 6.29 Å². The molecule has 5 heteroatoms. The van der Waals surface area contributed by atoms with Gasteiger partial charge in [-0.05, 0) is 30.7 Å². The van der Waals surface area contributed by atoms with E-state index in [2.05, 4.69) is 17.2 Å². The second-order valence-corrected chi connectivity index (χ2v) is 4.60. The van der Waals surface area contributed by atoms with Crippen molar-refractivity contribution in [2.75, 3.05) is 7.11 Å². The smallest absolute Gasteiger partial charge is 0.172 e. The zero-order valence-corrected chi connectivity index (χ0v) is 11.9. The van der Waals surface area contributed by atoms with Crippen molar-refractivity contribution < 1.29 is 9.53 Å². The number of hydrogen-bond acceptors (Lipinski definition) is 4. The van der Waals surface area contributed by atoms with E-state index in [-0.39, 0.29) is 0 Å². The van der Waals surface area contributed by atoms with Crippen LogP contribution in [-0.4, -0.2) is 28.4 Å². The van der Waals surface area contributed by atoms with Crippen molar-refractivity contribution in [3.05, 3.63) is 30.0 Å². The summed E-state index contributed by atoms with van der Waals surface area (Å²) in [6.45, 7) is 2.93. The molecule has 0 N–H and O–H groups in total. The Bertz CT molecular complexity index is 561. The fraction of sp³-hybridized carbons (Fsp3) is 0.400. The minimum atomic E-state index is 0.381. The first-order valence-corrected chi connectivity index (χ1v) is 6.83. The molecule has 0 atom stereocenters. The lowest BCUT2D eigenvalue weighted by Gasteiger charge is -2.07. The number of benzene rings is 1. The molecular weight excluding hydrogens is 254 g/mol. The first-order chi connectivity index (χ1) is 9.80. The molecule has 0 radical (unpaired) electrons. The van der Waals surface area contributed by atoms with Gasteiger partial charge in [0.05, 0.1) is 12.8 Å². The summed E-state index contributed by atoms with van der Waals surface area (Å²) in [5.41, 5.74) is 2.08. The second-order valence-electron chi connectivity index (χ2n) is 4.60. The maximum atomic E-state index is 11.1. The van der Waals surface area contributed by atoms with Crippen molar-refractivity contribution in [1.82, 2.24) is 15.0 Å². The van der Waals surface area contributed by atoms with Gasteiger partial charge in [-0.1, -0.05) is 25.0 Å². The highest BCUT2D eigenvalue weighted by Gasteiger charge is 2.14. The number of carbonyl (C=O) groups excluding carboxylic acids is 1. The molecule has 1 aromatic carbocycles. The minimum absolute atomic E-state index is 0.381. The van der Waals surface area contributed by atoms with E-state index in [0.717, 1.165) is 49.1 Å². The third-order valence-electron chi connectivity index (χ3n) is 3.21. The lowest BCUT2D eigenvalue weighted by molar-refractivity contribution is 0.111. The number of aryl methyl sites for hydroxylation is 1. The molecule has 5 nitrogen and oxygen atoms in total. The monoisotopic (exact) mass is 273 g/mol. The lowest BCUT2D eigenvalue weighted by atomic mass is 10.1. The van der Waals surface area contributed by atoms with Crippen molar-refractivity contribution in [3.63, 3.8) is 0 Å². The molecule has 0 saturated heterocycles. The van der Waals surface area contributed by atoms with Gasteiger partial charge >= 0.3 is 0 Å². The molecule has 1 aromatic heterocycles. The van der Waals surface area contributed by atoms with Gasteiger partial charge in [0.2, 0.25) is 0 Å². The topological polar surface area (TPSA) is 57.0 Å². The van der Waals surface area contributed by atoms with E-state index in [1.165, 1.54) is 0 Å². The molecule has 1 heterocycles. The van der Waals surface area contributed by atoms with Gasteiger partial charge in [0, 0.05) is 12.1 Å². The third kappa shape index (κ3) is 3.04. The zero-order valence-electron chi connectivity index (χ0n) is 11.9. The largest absolute Gasteiger partial charge is 0.497 e. The number of carbonyl (C=O) groups is 1. The first-order valence-electron chi connectivity index (χ1n) is 6.83. The summed E-state index contributed by atoms with van der Waals surface area (Å²) in [6, 6.07) is 7.57. The lowest BCUT2D eigenvalue weighted by Crippen LogP contribution is -2.03. The molecule has 106 valence electrons. The highest BCUT2D eigenvalue weighted by Crippen LogP contribution is 2.24. The summed E-state index contributed by atoms with van der Waals surface area (Å²) in [4.78, 5) is 11.1. The Labute approximate surface area is 118 Å². The Morgan fingerprint density at radius 2 is 2.00 bits per heavy atom. The van der Waals surface area contributed by atoms with E-state index >= 15 is 0 Å². The van der Waals surface area contributed by atoms with Gasteiger partial charge in [-0.15, -0.1) is 5.10 Å². The quantitative estimate of drug-likeness (QED) is 0.575. The predicted octanol–water partition coefficient (Wildman–Crippen LogP) is 2.96. The van der Waals surface area contributed by atoms with Crippen molar-refractivity contribution in [1.29, 1.82) is 0 Å². The maximum Gasteiger partial charge on any atom is 0.172 e. The van der Waals surface area contributed by atoms with Gasteiger partial charge in [0.15, 0.2) is 12.0 Å².